The monoisotopic (exact) mass is 235 g/mol. The predicted molar refractivity (Wildman–Crippen MR) is 60.3 cm³/mol. The van der Waals surface area contributed by atoms with E-state index in [4.69, 9.17) is 8.94 Å². The van der Waals surface area contributed by atoms with Gasteiger partial charge in [-0.3, -0.25) is 4.79 Å². The summed E-state index contributed by atoms with van der Waals surface area (Å²) in [5, 5.41) is 9.22. The number of furan rings is 1. The van der Waals surface area contributed by atoms with Crippen LogP contribution in [-0.2, 0) is 11.3 Å². The summed E-state index contributed by atoms with van der Waals surface area (Å²) in [4.78, 5) is 11.5. The molecule has 0 bridgehead atoms. The molecule has 0 radical (unpaired) electrons. The lowest BCUT2D eigenvalue weighted by molar-refractivity contribution is -0.115. The maximum atomic E-state index is 11.5. The third-order valence-corrected chi connectivity index (χ3v) is 2.06. The van der Waals surface area contributed by atoms with Gasteiger partial charge in [0, 0.05) is 6.07 Å². The Morgan fingerprint density at radius 1 is 1.53 bits per heavy atom. The molecule has 0 saturated heterocycles. The molecule has 90 valence electrons. The first-order chi connectivity index (χ1) is 8.24. The molecule has 6 heteroatoms. The Kier molecular flexibility index (Phi) is 3.56. The lowest BCUT2D eigenvalue weighted by Crippen LogP contribution is -2.27. The van der Waals surface area contributed by atoms with E-state index in [-0.39, 0.29) is 12.5 Å². The van der Waals surface area contributed by atoms with Gasteiger partial charge in [0.1, 0.15) is 11.5 Å². The minimum absolute atomic E-state index is 0.176. The maximum Gasteiger partial charge on any atom is 0.239 e. The number of aryl methyl sites for hydroxylation is 1. The van der Waals surface area contributed by atoms with Crippen molar-refractivity contribution in [1.82, 2.24) is 10.5 Å². The van der Waals surface area contributed by atoms with Crippen LogP contribution in [-0.4, -0.2) is 17.6 Å². The second kappa shape index (κ2) is 5.31. The summed E-state index contributed by atoms with van der Waals surface area (Å²) in [6, 6.07) is 5.30. The smallest absolute Gasteiger partial charge is 0.239 e. The average Bonchev–Trinajstić information content (AvgIpc) is 2.90. The van der Waals surface area contributed by atoms with E-state index < -0.39 is 0 Å². The summed E-state index contributed by atoms with van der Waals surface area (Å²) >= 11 is 0. The Hall–Kier alpha value is -2.08. The van der Waals surface area contributed by atoms with Gasteiger partial charge in [0.15, 0.2) is 5.82 Å². The highest BCUT2D eigenvalue weighted by Gasteiger charge is 2.05. The Labute approximate surface area is 98.0 Å². The van der Waals surface area contributed by atoms with Crippen molar-refractivity contribution in [3.63, 3.8) is 0 Å². The van der Waals surface area contributed by atoms with Crippen molar-refractivity contribution in [2.75, 3.05) is 11.9 Å². The van der Waals surface area contributed by atoms with Gasteiger partial charge in [-0.25, -0.2) is 0 Å². The highest BCUT2D eigenvalue weighted by atomic mass is 16.5. The number of nitrogens with zero attached hydrogens (tertiary/aromatic N) is 1. The molecular formula is C11H13N3O3. The summed E-state index contributed by atoms with van der Waals surface area (Å²) in [6.45, 7) is 2.46. The second-order valence-electron chi connectivity index (χ2n) is 3.55. The molecule has 0 spiro atoms. The number of carbonyl (C=O) groups excluding carboxylic acids is 1. The summed E-state index contributed by atoms with van der Waals surface area (Å²) in [7, 11) is 0. The van der Waals surface area contributed by atoms with Gasteiger partial charge in [0.05, 0.1) is 19.4 Å². The fourth-order valence-electron chi connectivity index (χ4n) is 1.32. The van der Waals surface area contributed by atoms with E-state index in [9.17, 15) is 4.79 Å². The first-order valence-corrected chi connectivity index (χ1v) is 5.20. The number of rotatable bonds is 5. The third kappa shape index (κ3) is 3.46. The molecule has 0 aromatic carbocycles. The van der Waals surface area contributed by atoms with Crippen LogP contribution < -0.4 is 10.6 Å². The van der Waals surface area contributed by atoms with Crippen molar-refractivity contribution in [3.8, 4) is 0 Å². The molecule has 0 aliphatic heterocycles. The molecule has 1 amide bonds. The number of amides is 1. The van der Waals surface area contributed by atoms with Crippen molar-refractivity contribution < 1.29 is 13.7 Å². The van der Waals surface area contributed by atoms with Gasteiger partial charge < -0.3 is 19.6 Å². The molecule has 17 heavy (non-hydrogen) atoms. The molecular weight excluding hydrogens is 222 g/mol. The Morgan fingerprint density at radius 2 is 2.41 bits per heavy atom. The van der Waals surface area contributed by atoms with Gasteiger partial charge in [-0.2, -0.15) is 0 Å². The van der Waals surface area contributed by atoms with E-state index in [1.54, 1.807) is 25.3 Å². The van der Waals surface area contributed by atoms with E-state index in [1.807, 2.05) is 6.07 Å². The van der Waals surface area contributed by atoms with Gasteiger partial charge in [-0.05, 0) is 19.1 Å². The summed E-state index contributed by atoms with van der Waals surface area (Å²) in [5.41, 5.74) is 0. The van der Waals surface area contributed by atoms with E-state index in [1.165, 1.54) is 0 Å². The molecule has 2 heterocycles. The van der Waals surface area contributed by atoms with Crippen LogP contribution in [0.15, 0.2) is 33.4 Å². The number of hydrogen-bond donors (Lipinski definition) is 2. The van der Waals surface area contributed by atoms with E-state index in [0.29, 0.717) is 18.1 Å². The molecule has 0 fully saturated rings. The molecule has 0 atom stereocenters. The molecule has 2 aromatic heterocycles. The third-order valence-electron chi connectivity index (χ3n) is 2.06. The largest absolute Gasteiger partial charge is 0.468 e. The molecule has 0 aliphatic carbocycles. The number of anilines is 1. The van der Waals surface area contributed by atoms with Crippen LogP contribution in [0, 0.1) is 6.92 Å². The van der Waals surface area contributed by atoms with Crippen LogP contribution in [0.4, 0.5) is 5.82 Å². The predicted octanol–water partition coefficient (Wildman–Crippen LogP) is 1.30. The van der Waals surface area contributed by atoms with E-state index >= 15 is 0 Å². The van der Waals surface area contributed by atoms with Crippen LogP contribution >= 0.6 is 0 Å². The SMILES string of the molecule is Cc1cc(NC(=O)CNCc2ccco2)no1. The molecule has 2 rings (SSSR count). The van der Waals surface area contributed by atoms with Crippen molar-refractivity contribution in [2.45, 2.75) is 13.5 Å². The van der Waals surface area contributed by atoms with Gasteiger partial charge >= 0.3 is 0 Å². The Morgan fingerprint density at radius 3 is 3.06 bits per heavy atom. The number of hydrogen-bond acceptors (Lipinski definition) is 5. The zero-order valence-corrected chi connectivity index (χ0v) is 9.40. The molecule has 0 unspecified atom stereocenters. The van der Waals surface area contributed by atoms with Crippen LogP contribution in [0.3, 0.4) is 0 Å². The van der Waals surface area contributed by atoms with Crippen LogP contribution in [0.1, 0.15) is 11.5 Å². The van der Waals surface area contributed by atoms with Crippen LogP contribution in [0.2, 0.25) is 0 Å². The topological polar surface area (TPSA) is 80.3 Å². The number of carbonyl (C=O) groups is 1. The van der Waals surface area contributed by atoms with Crippen molar-refractivity contribution in [3.05, 3.63) is 36.0 Å². The first kappa shape index (κ1) is 11.4. The zero-order chi connectivity index (χ0) is 12.1. The number of nitrogens with one attached hydrogen (secondary N) is 2. The molecule has 6 nitrogen and oxygen atoms in total. The fourth-order valence-corrected chi connectivity index (χ4v) is 1.32. The molecule has 2 N–H and O–H groups in total. The maximum absolute atomic E-state index is 11.5. The van der Waals surface area contributed by atoms with Gasteiger partial charge in [0.2, 0.25) is 5.91 Å². The zero-order valence-electron chi connectivity index (χ0n) is 9.40. The molecule has 0 saturated carbocycles. The van der Waals surface area contributed by atoms with Gasteiger partial charge in [0.25, 0.3) is 0 Å². The lowest BCUT2D eigenvalue weighted by Gasteiger charge is -2.02. The van der Waals surface area contributed by atoms with E-state index in [0.717, 1.165) is 5.76 Å². The Bertz CT molecular complexity index is 476. The Balaban J connectivity index is 1.71. The lowest BCUT2D eigenvalue weighted by atomic mass is 10.4. The number of aromatic nitrogens is 1. The summed E-state index contributed by atoms with van der Waals surface area (Å²) < 4.78 is 9.94. The minimum Gasteiger partial charge on any atom is -0.468 e. The normalized spacial score (nSPS) is 10.4. The fraction of sp³-hybridized carbons (Fsp3) is 0.273. The van der Waals surface area contributed by atoms with Gasteiger partial charge in [-0.15, -0.1) is 0 Å². The van der Waals surface area contributed by atoms with Crippen LogP contribution in [0.25, 0.3) is 0 Å². The molecule has 2 aromatic rings. The summed E-state index contributed by atoms with van der Waals surface area (Å²) in [6.07, 6.45) is 1.59. The van der Waals surface area contributed by atoms with Crippen LogP contribution in [0.5, 0.6) is 0 Å². The quantitative estimate of drug-likeness (QED) is 0.816. The summed E-state index contributed by atoms with van der Waals surface area (Å²) in [5.74, 6) is 1.69. The van der Waals surface area contributed by atoms with Crippen molar-refractivity contribution in [2.24, 2.45) is 0 Å². The molecule has 0 aliphatic rings. The van der Waals surface area contributed by atoms with Crippen molar-refractivity contribution >= 4 is 11.7 Å². The standard InChI is InChI=1S/C11H13N3O3/c1-8-5-10(14-17-8)13-11(15)7-12-6-9-3-2-4-16-9/h2-5,12H,6-7H2,1H3,(H,13,14,15). The minimum atomic E-state index is -0.176. The van der Waals surface area contributed by atoms with Gasteiger partial charge in [-0.1, -0.05) is 5.16 Å². The second-order valence-corrected chi connectivity index (χ2v) is 3.55. The average molecular weight is 235 g/mol. The highest BCUT2D eigenvalue weighted by Crippen LogP contribution is 2.06. The van der Waals surface area contributed by atoms with Crippen molar-refractivity contribution in [1.29, 1.82) is 0 Å². The highest BCUT2D eigenvalue weighted by molar-refractivity contribution is 5.91. The van der Waals surface area contributed by atoms with E-state index in [2.05, 4.69) is 15.8 Å². The first-order valence-electron chi connectivity index (χ1n) is 5.20.